The summed E-state index contributed by atoms with van der Waals surface area (Å²) in [7, 11) is -2.01. The van der Waals surface area contributed by atoms with Crippen LogP contribution in [0, 0.1) is 0 Å². The summed E-state index contributed by atoms with van der Waals surface area (Å²) in [6.45, 7) is 0.773. The zero-order valence-electron chi connectivity index (χ0n) is 13.7. The summed E-state index contributed by atoms with van der Waals surface area (Å²) in [6, 6.07) is 9.27. The molecule has 2 aromatic rings. The molecule has 7 nitrogen and oxygen atoms in total. The number of fused-ring (bicyclic) bond motifs is 1. The van der Waals surface area contributed by atoms with E-state index in [1.54, 1.807) is 12.1 Å². The van der Waals surface area contributed by atoms with Gasteiger partial charge >= 0.3 is 0 Å². The predicted octanol–water partition coefficient (Wildman–Crippen LogP) is 2.12. The molecule has 3 rings (SSSR count). The minimum Gasteiger partial charge on any atom is -0.493 e. The highest BCUT2D eigenvalue weighted by Gasteiger charge is 2.22. The fraction of sp³-hybridized carbons (Fsp3) is 0.235. The van der Waals surface area contributed by atoms with Gasteiger partial charge in [-0.2, -0.15) is 0 Å². The summed E-state index contributed by atoms with van der Waals surface area (Å²) in [6.07, 6.45) is 1.09. The average Bonchev–Trinajstić information content (AvgIpc) is 2.60. The molecule has 1 amide bonds. The molecule has 1 heterocycles. The third-order valence-corrected chi connectivity index (χ3v) is 4.78. The van der Waals surface area contributed by atoms with E-state index in [2.05, 4.69) is 5.32 Å². The number of hydrogen-bond donors (Lipinski definition) is 1. The van der Waals surface area contributed by atoms with Gasteiger partial charge in [-0.15, -0.1) is 0 Å². The topological polar surface area (TPSA) is 90.9 Å². The highest BCUT2D eigenvalue weighted by Crippen LogP contribution is 2.40. The second-order valence-electron chi connectivity index (χ2n) is 5.43. The summed E-state index contributed by atoms with van der Waals surface area (Å²) in [5.74, 6) is 0.749. The maximum absolute atomic E-state index is 12.6. The zero-order valence-corrected chi connectivity index (χ0v) is 14.6. The van der Waals surface area contributed by atoms with E-state index in [0.717, 1.165) is 6.26 Å². The Bertz CT molecular complexity index is 905. The van der Waals surface area contributed by atoms with Crippen molar-refractivity contribution in [1.29, 1.82) is 0 Å². The molecule has 0 saturated heterocycles. The van der Waals surface area contributed by atoms with Gasteiger partial charge in [0.1, 0.15) is 13.2 Å². The van der Waals surface area contributed by atoms with E-state index in [-0.39, 0.29) is 16.1 Å². The van der Waals surface area contributed by atoms with Crippen LogP contribution in [0.25, 0.3) is 0 Å². The van der Waals surface area contributed by atoms with Crippen molar-refractivity contribution in [3.63, 3.8) is 0 Å². The lowest BCUT2D eigenvalue weighted by molar-refractivity contribution is 0.102. The number of sulfone groups is 1. The van der Waals surface area contributed by atoms with Gasteiger partial charge < -0.3 is 19.5 Å². The van der Waals surface area contributed by atoms with Crippen LogP contribution in [0.1, 0.15) is 10.4 Å². The van der Waals surface area contributed by atoms with E-state index >= 15 is 0 Å². The second kappa shape index (κ2) is 6.64. The largest absolute Gasteiger partial charge is 0.493 e. The molecular weight excluding hydrogens is 346 g/mol. The number of amides is 1. The number of hydrogen-bond acceptors (Lipinski definition) is 6. The Hall–Kier alpha value is -2.74. The lowest BCUT2D eigenvalue weighted by atomic mass is 10.1. The van der Waals surface area contributed by atoms with Gasteiger partial charge in [0.25, 0.3) is 5.91 Å². The number of para-hydroxylation sites is 1. The van der Waals surface area contributed by atoms with Crippen molar-refractivity contribution in [2.45, 2.75) is 4.90 Å². The first-order chi connectivity index (χ1) is 11.9. The van der Waals surface area contributed by atoms with Crippen molar-refractivity contribution >= 4 is 21.4 Å². The van der Waals surface area contributed by atoms with E-state index in [1.165, 1.54) is 31.4 Å². The Balaban J connectivity index is 1.95. The first-order valence-corrected chi connectivity index (χ1v) is 9.37. The van der Waals surface area contributed by atoms with Gasteiger partial charge in [-0.3, -0.25) is 4.79 Å². The third kappa shape index (κ3) is 3.53. The molecule has 0 fully saturated rings. The minimum atomic E-state index is -3.47. The lowest BCUT2D eigenvalue weighted by Gasteiger charge is -2.21. The molecule has 2 aromatic carbocycles. The third-order valence-electron chi connectivity index (χ3n) is 3.62. The molecule has 0 atom stereocenters. The molecular formula is C17H17NO6S. The van der Waals surface area contributed by atoms with Gasteiger partial charge in [-0.05, 0) is 24.3 Å². The molecule has 8 heteroatoms. The number of benzene rings is 2. The second-order valence-corrected chi connectivity index (χ2v) is 7.41. The molecule has 0 radical (unpaired) electrons. The van der Waals surface area contributed by atoms with Crippen molar-refractivity contribution in [1.82, 2.24) is 0 Å². The van der Waals surface area contributed by atoms with Crippen molar-refractivity contribution in [3.8, 4) is 17.2 Å². The summed E-state index contributed by atoms with van der Waals surface area (Å²) in [4.78, 5) is 12.6. The zero-order chi connectivity index (χ0) is 18.0. The van der Waals surface area contributed by atoms with E-state index in [4.69, 9.17) is 14.2 Å². The number of ether oxygens (including phenoxy) is 3. The fourth-order valence-corrected chi connectivity index (χ4v) is 3.34. The Morgan fingerprint density at radius 2 is 1.88 bits per heavy atom. The van der Waals surface area contributed by atoms with Gasteiger partial charge in [0.05, 0.1) is 17.7 Å². The number of methoxy groups -OCH3 is 1. The Labute approximate surface area is 145 Å². The number of nitrogens with one attached hydrogen (secondary N) is 1. The number of rotatable bonds is 4. The Kier molecular flexibility index (Phi) is 4.54. The first kappa shape index (κ1) is 17.1. The minimum absolute atomic E-state index is 0.0489. The van der Waals surface area contributed by atoms with Crippen LogP contribution in [0.3, 0.4) is 0 Å². The molecule has 0 spiro atoms. The molecule has 0 aliphatic carbocycles. The summed E-state index contributed by atoms with van der Waals surface area (Å²) >= 11 is 0. The summed E-state index contributed by atoms with van der Waals surface area (Å²) in [5, 5.41) is 2.62. The number of carbonyl (C=O) groups is 1. The SMILES string of the molecule is COc1cc(C(=O)Nc2ccccc2S(C)(=O)=O)cc2c1OCCO2. The van der Waals surface area contributed by atoms with Crippen molar-refractivity contribution in [2.24, 2.45) is 0 Å². The van der Waals surface area contributed by atoms with Crippen LogP contribution in [-0.2, 0) is 9.84 Å². The van der Waals surface area contributed by atoms with Gasteiger partial charge in [-0.25, -0.2) is 8.42 Å². The Morgan fingerprint density at radius 1 is 1.16 bits per heavy atom. The van der Waals surface area contributed by atoms with E-state index in [1.807, 2.05) is 0 Å². The van der Waals surface area contributed by atoms with Crippen molar-refractivity contribution < 1.29 is 27.4 Å². The van der Waals surface area contributed by atoms with Gasteiger partial charge in [0, 0.05) is 11.8 Å². The molecule has 132 valence electrons. The molecule has 25 heavy (non-hydrogen) atoms. The summed E-state index contributed by atoms with van der Waals surface area (Å²) < 4.78 is 40.0. The average molecular weight is 363 g/mol. The fourth-order valence-electron chi connectivity index (χ4n) is 2.49. The molecule has 1 N–H and O–H groups in total. The molecule has 0 unspecified atom stereocenters. The molecule has 1 aliphatic heterocycles. The standard InChI is InChI=1S/C17H17NO6S/c1-22-13-9-11(10-14-16(13)24-8-7-23-14)17(19)18-12-5-3-4-6-15(12)25(2,20)21/h3-6,9-10H,7-8H2,1-2H3,(H,18,19). The number of carbonyl (C=O) groups excluding carboxylic acids is 1. The molecule has 1 aliphatic rings. The van der Waals surface area contributed by atoms with Crippen LogP contribution in [0.15, 0.2) is 41.3 Å². The van der Waals surface area contributed by atoms with Crippen LogP contribution in [-0.4, -0.2) is 40.9 Å². The maximum Gasteiger partial charge on any atom is 0.255 e. The Morgan fingerprint density at radius 3 is 2.60 bits per heavy atom. The summed E-state index contributed by atoms with van der Waals surface area (Å²) in [5.41, 5.74) is 0.480. The van der Waals surface area contributed by atoms with Crippen LogP contribution in [0.4, 0.5) is 5.69 Å². The van der Waals surface area contributed by atoms with E-state index in [9.17, 15) is 13.2 Å². The quantitative estimate of drug-likeness (QED) is 0.895. The monoisotopic (exact) mass is 363 g/mol. The molecule has 0 aromatic heterocycles. The molecule has 0 bridgehead atoms. The van der Waals surface area contributed by atoms with E-state index < -0.39 is 15.7 Å². The van der Waals surface area contributed by atoms with Gasteiger partial charge in [0.2, 0.25) is 5.75 Å². The predicted molar refractivity (Wildman–Crippen MR) is 91.5 cm³/mol. The highest BCUT2D eigenvalue weighted by molar-refractivity contribution is 7.90. The number of anilines is 1. The van der Waals surface area contributed by atoms with E-state index in [0.29, 0.717) is 30.5 Å². The van der Waals surface area contributed by atoms with Gasteiger partial charge in [-0.1, -0.05) is 12.1 Å². The first-order valence-electron chi connectivity index (χ1n) is 7.48. The van der Waals surface area contributed by atoms with Gasteiger partial charge in [0.15, 0.2) is 21.3 Å². The smallest absolute Gasteiger partial charge is 0.255 e. The van der Waals surface area contributed by atoms with Crippen LogP contribution in [0.2, 0.25) is 0 Å². The normalized spacial score (nSPS) is 13.2. The maximum atomic E-state index is 12.6. The van der Waals surface area contributed by atoms with Crippen molar-refractivity contribution in [3.05, 3.63) is 42.0 Å². The van der Waals surface area contributed by atoms with Crippen molar-refractivity contribution in [2.75, 3.05) is 31.9 Å². The van der Waals surface area contributed by atoms with Crippen LogP contribution >= 0.6 is 0 Å². The molecule has 0 saturated carbocycles. The lowest BCUT2D eigenvalue weighted by Crippen LogP contribution is -2.18. The van der Waals surface area contributed by atoms with Crippen LogP contribution < -0.4 is 19.5 Å². The highest BCUT2D eigenvalue weighted by atomic mass is 32.2. The van der Waals surface area contributed by atoms with Crippen LogP contribution in [0.5, 0.6) is 17.2 Å².